The summed E-state index contributed by atoms with van der Waals surface area (Å²) in [5.41, 5.74) is 3.28. The third kappa shape index (κ3) is 4.80. The van der Waals surface area contributed by atoms with Crippen LogP contribution in [0, 0.1) is 5.92 Å². The lowest BCUT2D eigenvalue weighted by atomic mass is 9.90. The number of aromatic amines is 1. The maximum absolute atomic E-state index is 13.2. The van der Waals surface area contributed by atoms with Gasteiger partial charge in [0.2, 0.25) is 5.91 Å². The summed E-state index contributed by atoms with van der Waals surface area (Å²) in [6.07, 6.45) is 5.06. The Labute approximate surface area is 204 Å². The van der Waals surface area contributed by atoms with Crippen molar-refractivity contribution in [1.29, 1.82) is 0 Å². The number of para-hydroxylation sites is 1. The van der Waals surface area contributed by atoms with E-state index in [9.17, 15) is 9.59 Å². The molecule has 1 aliphatic rings. The molecule has 180 valence electrons. The van der Waals surface area contributed by atoms with Gasteiger partial charge in [-0.15, -0.1) is 0 Å². The van der Waals surface area contributed by atoms with Crippen LogP contribution in [0.3, 0.4) is 0 Å². The highest BCUT2D eigenvalue weighted by Gasteiger charge is 2.30. The van der Waals surface area contributed by atoms with Gasteiger partial charge in [0.1, 0.15) is 5.75 Å². The zero-order chi connectivity index (χ0) is 24.2. The summed E-state index contributed by atoms with van der Waals surface area (Å²) in [5, 5.41) is 4.32. The first-order valence-corrected chi connectivity index (χ1v) is 11.9. The highest BCUT2D eigenvalue weighted by atomic mass is 16.5. The van der Waals surface area contributed by atoms with E-state index >= 15 is 0 Å². The molecular formula is C28H29N3O4. The Morgan fingerprint density at radius 2 is 1.97 bits per heavy atom. The van der Waals surface area contributed by atoms with Crippen LogP contribution in [0.25, 0.3) is 10.9 Å². The Morgan fingerprint density at radius 3 is 2.74 bits per heavy atom. The first kappa shape index (κ1) is 22.8. The average Bonchev–Trinajstić information content (AvgIpc) is 3.60. The lowest BCUT2D eigenvalue weighted by Gasteiger charge is -2.32. The van der Waals surface area contributed by atoms with Gasteiger partial charge in [-0.1, -0.05) is 30.3 Å². The van der Waals surface area contributed by atoms with E-state index in [-0.39, 0.29) is 23.7 Å². The van der Waals surface area contributed by atoms with E-state index in [2.05, 4.69) is 22.4 Å². The van der Waals surface area contributed by atoms with Crippen LogP contribution in [0.1, 0.15) is 40.4 Å². The minimum Gasteiger partial charge on any atom is -0.497 e. The number of ether oxygens (including phenoxy) is 1. The lowest BCUT2D eigenvalue weighted by Crippen LogP contribution is -2.46. The number of aromatic nitrogens is 1. The van der Waals surface area contributed by atoms with E-state index in [1.807, 2.05) is 42.6 Å². The number of piperidine rings is 1. The largest absolute Gasteiger partial charge is 0.497 e. The third-order valence-electron chi connectivity index (χ3n) is 6.81. The number of hydrogen-bond donors (Lipinski definition) is 2. The highest BCUT2D eigenvalue weighted by Crippen LogP contribution is 2.31. The van der Waals surface area contributed by atoms with E-state index in [0.717, 1.165) is 40.6 Å². The van der Waals surface area contributed by atoms with Crippen LogP contribution in [-0.2, 0) is 4.79 Å². The molecule has 35 heavy (non-hydrogen) atoms. The monoisotopic (exact) mass is 471 g/mol. The number of methoxy groups -OCH3 is 1. The van der Waals surface area contributed by atoms with Crippen molar-refractivity contribution in [3.63, 3.8) is 0 Å². The molecule has 0 saturated carbocycles. The zero-order valence-corrected chi connectivity index (χ0v) is 19.7. The standard InChI is InChI=1S/C28H29N3O4/c1-34-21-12-10-19(11-13-21)23(24-17-29-25-8-3-2-7-22(24)25)16-30-27(32)20-6-4-14-31(18-20)28(33)26-9-5-15-35-26/h2-3,5,7-13,15,17,20,23,29H,4,6,14,16,18H2,1H3,(H,30,32). The molecule has 2 amide bonds. The molecule has 2 aromatic carbocycles. The van der Waals surface area contributed by atoms with E-state index in [0.29, 0.717) is 25.4 Å². The van der Waals surface area contributed by atoms with Gasteiger partial charge in [0, 0.05) is 42.7 Å². The second-order valence-electron chi connectivity index (χ2n) is 8.93. The van der Waals surface area contributed by atoms with Crippen molar-refractivity contribution >= 4 is 22.7 Å². The normalized spacial score (nSPS) is 16.7. The molecule has 1 aliphatic heterocycles. The number of amides is 2. The summed E-state index contributed by atoms with van der Waals surface area (Å²) in [6, 6.07) is 19.5. The minimum absolute atomic E-state index is 0.0275. The molecule has 0 bridgehead atoms. The third-order valence-corrected chi connectivity index (χ3v) is 6.81. The number of fused-ring (bicyclic) bond motifs is 1. The van der Waals surface area contributed by atoms with Gasteiger partial charge < -0.3 is 24.4 Å². The number of furan rings is 1. The van der Waals surface area contributed by atoms with Gasteiger partial charge in [0.05, 0.1) is 19.3 Å². The van der Waals surface area contributed by atoms with Gasteiger partial charge in [-0.2, -0.15) is 0 Å². The highest BCUT2D eigenvalue weighted by molar-refractivity contribution is 5.92. The predicted octanol–water partition coefficient (Wildman–Crippen LogP) is 4.57. The molecule has 2 N–H and O–H groups in total. The summed E-state index contributed by atoms with van der Waals surface area (Å²) < 4.78 is 10.6. The number of benzene rings is 2. The summed E-state index contributed by atoms with van der Waals surface area (Å²) in [4.78, 5) is 31.0. The Morgan fingerprint density at radius 1 is 1.14 bits per heavy atom. The Kier molecular flexibility index (Phi) is 6.57. The molecule has 1 fully saturated rings. The first-order chi connectivity index (χ1) is 17.1. The summed E-state index contributed by atoms with van der Waals surface area (Å²) in [7, 11) is 1.65. The van der Waals surface area contributed by atoms with Gasteiger partial charge >= 0.3 is 0 Å². The molecule has 3 heterocycles. The van der Waals surface area contributed by atoms with E-state index < -0.39 is 0 Å². The molecule has 0 radical (unpaired) electrons. The maximum Gasteiger partial charge on any atom is 0.289 e. The number of rotatable bonds is 7. The molecule has 7 heteroatoms. The fourth-order valence-corrected chi connectivity index (χ4v) is 4.90. The molecule has 2 atom stereocenters. The van der Waals surface area contributed by atoms with Gasteiger partial charge in [0.25, 0.3) is 5.91 Å². The average molecular weight is 472 g/mol. The minimum atomic E-state index is -0.248. The first-order valence-electron chi connectivity index (χ1n) is 11.9. The van der Waals surface area contributed by atoms with Gasteiger partial charge in [-0.05, 0) is 54.3 Å². The van der Waals surface area contributed by atoms with Crippen LogP contribution in [0.15, 0.2) is 77.5 Å². The number of carbonyl (C=O) groups excluding carboxylic acids is 2. The van der Waals surface area contributed by atoms with Crippen molar-refractivity contribution in [1.82, 2.24) is 15.2 Å². The van der Waals surface area contributed by atoms with Crippen molar-refractivity contribution in [3.05, 3.63) is 90.0 Å². The summed E-state index contributed by atoms with van der Waals surface area (Å²) >= 11 is 0. The molecule has 7 nitrogen and oxygen atoms in total. The van der Waals surface area contributed by atoms with Gasteiger partial charge in [-0.25, -0.2) is 0 Å². The smallest absolute Gasteiger partial charge is 0.289 e. The van der Waals surface area contributed by atoms with Crippen molar-refractivity contribution in [2.45, 2.75) is 18.8 Å². The van der Waals surface area contributed by atoms with Gasteiger partial charge in [0.15, 0.2) is 5.76 Å². The second kappa shape index (κ2) is 10.1. The zero-order valence-electron chi connectivity index (χ0n) is 19.7. The van der Waals surface area contributed by atoms with E-state index in [1.54, 1.807) is 24.1 Å². The van der Waals surface area contributed by atoms with Crippen LogP contribution in [0.5, 0.6) is 5.75 Å². The second-order valence-corrected chi connectivity index (χ2v) is 8.93. The summed E-state index contributed by atoms with van der Waals surface area (Å²) in [5.74, 6) is 0.624. The molecule has 5 rings (SSSR count). The SMILES string of the molecule is COc1ccc(C(CNC(=O)C2CCCN(C(=O)c3ccco3)C2)c2c[nH]c3ccccc23)cc1. The fraction of sp³-hybridized carbons (Fsp3) is 0.286. The quantitative estimate of drug-likeness (QED) is 0.413. The number of nitrogens with one attached hydrogen (secondary N) is 2. The van der Waals surface area contributed by atoms with E-state index in [1.165, 1.54) is 6.26 Å². The van der Waals surface area contributed by atoms with Crippen molar-refractivity contribution in [2.75, 3.05) is 26.7 Å². The molecule has 1 saturated heterocycles. The number of carbonyl (C=O) groups is 2. The predicted molar refractivity (Wildman–Crippen MR) is 133 cm³/mol. The molecule has 0 spiro atoms. The Hall–Kier alpha value is -4.00. The fourth-order valence-electron chi connectivity index (χ4n) is 4.90. The van der Waals surface area contributed by atoms with Crippen LogP contribution < -0.4 is 10.1 Å². The van der Waals surface area contributed by atoms with Crippen LogP contribution in [-0.4, -0.2) is 48.4 Å². The van der Waals surface area contributed by atoms with Crippen LogP contribution in [0.2, 0.25) is 0 Å². The number of nitrogens with zero attached hydrogens (tertiary/aromatic N) is 1. The topological polar surface area (TPSA) is 87.6 Å². The molecule has 0 aliphatic carbocycles. The van der Waals surface area contributed by atoms with Crippen LogP contribution >= 0.6 is 0 Å². The molecule has 4 aromatic rings. The lowest BCUT2D eigenvalue weighted by molar-refractivity contribution is -0.126. The maximum atomic E-state index is 13.2. The van der Waals surface area contributed by atoms with Crippen LogP contribution in [0.4, 0.5) is 0 Å². The number of likely N-dealkylation sites (tertiary alicyclic amines) is 1. The van der Waals surface area contributed by atoms with Crippen molar-refractivity contribution in [3.8, 4) is 5.75 Å². The van der Waals surface area contributed by atoms with Crippen molar-refractivity contribution < 1.29 is 18.7 Å². The Bertz CT molecular complexity index is 1290. The molecule has 2 unspecified atom stereocenters. The Balaban J connectivity index is 1.33. The number of H-pyrrole nitrogens is 1. The number of hydrogen-bond acceptors (Lipinski definition) is 4. The van der Waals surface area contributed by atoms with Crippen molar-refractivity contribution in [2.24, 2.45) is 5.92 Å². The molecule has 2 aromatic heterocycles. The van der Waals surface area contributed by atoms with Gasteiger partial charge in [-0.3, -0.25) is 9.59 Å². The molecular weight excluding hydrogens is 442 g/mol. The summed E-state index contributed by atoms with van der Waals surface area (Å²) in [6.45, 7) is 1.48. The van der Waals surface area contributed by atoms with E-state index in [4.69, 9.17) is 9.15 Å².